The summed E-state index contributed by atoms with van der Waals surface area (Å²) in [6, 6.07) is -1.01. The average Bonchev–Trinajstić information content (AvgIpc) is 2.50. The molecule has 0 heterocycles. The van der Waals surface area contributed by atoms with Crippen LogP contribution in [-0.2, 0) is 28.7 Å². The summed E-state index contributed by atoms with van der Waals surface area (Å²) in [6.45, 7) is 8.72. The predicted octanol–water partition coefficient (Wildman–Crippen LogP) is 1.68. The zero-order valence-electron chi connectivity index (χ0n) is 15.1. The molecule has 1 N–H and O–H groups in total. The van der Waals surface area contributed by atoms with Crippen LogP contribution in [-0.4, -0.2) is 47.5 Å². The number of esters is 2. The molecule has 2 unspecified atom stereocenters. The zero-order chi connectivity index (χ0) is 18.9. The standard InChI is InChI=1S/C16H27NO6S/c1-7-10(3)14(20)17-13(15(21)23-8-2)16(4,5)24-12(19)9-11(18)22-6/h10,13H,7-9H2,1-6H3,(H,17,20). The van der Waals surface area contributed by atoms with Gasteiger partial charge in [0.25, 0.3) is 0 Å². The monoisotopic (exact) mass is 361 g/mol. The van der Waals surface area contributed by atoms with Crippen molar-refractivity contribution in [3.8, 4) is 0 Å². The molecule has 0 aliphatic rings. The summed E-state index contributed by atoms with van der Waals surface area (Å²) >= 11 is 0.814. The molecule has 0 rings (SSSR count). The van der Waals surface area contributed by atoms with Crippen LogP contribution in [0.1, 0.15) is 47.5 Å². The van der Waals surface area contributed by atoms with Crippen LogP contribution in [0.25, 0.3) is 0 Å². The first kappa shape index (κ1) is 22.4. The molecule has 0 aromatic carbocycles. The Kier molecular flexibility index (Phi) is 9.65. The molecular formula is C16H27NO6S. The lowest BCUT2D eigenvalue weighted by Gasteiger charge is -2.32. The van der Waals surface area contributed by atoms with Gasteiger partial charge in [-0.15, -0.1) is 0 Å². The van der Waals surface area contributed by atoms with Gasteiger partial charge in [0.1, 0.15) is 12.5 Å². The Hall–Kier alpha value is -1.57. The maximum atomic E-state index is 12.2. The van der Waals surface area contributed by atoms with Gasteiger partial charge in [0, 0.05) is 10.7 Å². The number of nitrogens with one attached hydrogen (secondary N) is 1. The van der Waals surface area contributed by atoms with Gasteiger partial charge in [0.2, 0.25) is 11.0 Å². The van der Waals surface area contributed by atoms with Crippen LogP contribution < -0.4 is 5.32 Å². The third-order valence-electron chi connectivity index (χ3n) is 3.46. The van der Waals surface area contributed by atoms with E-state index < -0.39 is 34.3 Å². The molecule has 2 atom stereocenters. The highest BCUT2D eigenvalue weighted by atomic mass is 32.2. The van der Waals surface area contributed by atoms with Crippen molar-refractivity contribution < 1.29 is 28.7 Å². The summed E-state index contributed by atoms with van der Waals surface area (Å²) in [4.78, 5) is 47.6. The highest BCUT2D eigenvalue weighted by Gasteiger charge is 2.40. The minimum atomic E-state index is -1.01. The molecule has 7 nitrogen and oxygen atoms in total. The van der Waals surface area contributed by atoms with E-state index in [9.17, 15) is 19.2 Å². The van der Waals surface area contributed by atoms with Crippen LogP contribution in [0.3, 0.4) is 0 Å². The molecular weight excluding hydrogens is 334 g/mol. The topological polar surface area (TPSA) is 98.8 Å². The third-order valence-corrected chi connectivity index (χ3v) is 4.59. The van der Waals surface area contributed by atoms with Gasteiger partial charge in [-0.1, -0.05) is 25.6 Å². The van der Waals surface area contributed by atoms with E-state index in [2.05, 4.69) is 10.1 Å². The number of thioether (sulfide) groups is 1. The van der Waals surface area contributed by atoms with Gasteiger partial charge in [0.15, 0.2) is 0 Å². The lowest BCUT2D eigenvalue weighted by atomic mass is 10.0. The Labute approximate surface area is 147 Å². The van der Waals surface area contributed by atoms with Gasteiger partial charge in [0.05, 0.1) is 13.7 Å². The Morgan fingerprint density at radius 1 is 1.17 bits per heavy atom. The fourth-order valence-electron chi connectivity index (χ4n) is 1.79. The summed E-state index contributed by atoms with van der Waals surface area (Å²) in [7, 11) is 1.19. The Bertz CT molecular complexity index is 477. The Morgan fingerprint density at radius 3 is 2.21 bits per heavy atom. The zero-order valence-corrected chi connectivity index (χ0v) is 16.0. The summed E-state index contributed by atoms with van der Waals surface area (Å²) in [5, 5.41) is 2.22. The lowest BCUT2D eigenvalue weighted by molar-refractivity contribution is -0.148. The van der Waals surface area contributed by atoms with Crippen molar-refractivity contribution in [3.05, 3.63) is 0 Å². The molecule has 0 spiro atoms. The number of carbonyl (C=O) groups is 4. The summed E-state index contributed by atoms with van der Waals surface area (Å²) < 4.78 is 8.49. The maximum Gasteiger partial charge on any atom is 0.330 e. The largest absolute Gasteiger partial charge is 0.469 e. The number of methoxy groups -OCH3 is 1. The highest BCUT2D eigenvalue weighted by Crippen LogP contribution is 2.31. The van der Waals surface area contributed by atoms with Crippen molar-refractivity contribution >= 4 is 34.7 Å². The highest BCUT2D eigenvalue weighted by molar-refractivity contribution is 8.14. The van der Waals surface area contributed by atoms with Gasteiger partial charge >= 0.3 is 11.9 Å². The number of ether oxygens (including phenoxy) is 2. The van der Waals surface area contributed by atoms with E-state index in [0.717, 1.165) is 11.8 Å². The van der Waals surface area contributed by atoms with E-state index in [0.29, 0.717) is 6.42 Å². The fraction of sp³-hybridized carbons (Fsp3) is 0.750. The smallest absolute Gasteiger partial charge is 0.330 e. The lowest BCUT2D eigenvalue weighted by Crippen LogP contribution is -2.54. The molecule has 0 aliphatic carbocycles. The van der Waals surface area contributed by atoms with Crippen molar-refractivity contribution in [2.24, 2.45) is 5.92 Å². The van der Waals surface area contributed by atoms with Crippen molar-refractivity contribution in [1.82, 2.24) is 5.32 Å². The minimum absolute atomic E-state index is 0.158. The molecule has 1 amide bonds. The summed E-state index contributed by atoms with van der Waals surface area (Å²) in [5.41, 5.74) is 0. The first-order valence-electron chi connectivity index (χ1n) is 7.84. The minimum Gasteiger partial charge on any atom is -0.469 e. The van der Waals surface area contributed by atoms with Gasteiger partial charge in [-0.25, -0.2) is 4.79 Å². The van der Waals surface area contributed by atoms with Crippen LogP contribution in [0, 0.1) is 5.92 Å². The van der Waals surface area contributed by atoms with E-state index in [4.69, 9.17) is 4.74 Å². The molecule has 0 aromatic rings. The predicted molar refractivity (Wildman–Crippen MR) is 91.3 cm³/mol. The molecule has 0 radical (unpaired) electrons. The van der Waals surface area contributed by atoms with Crippen molar-refractivity contribution in [2.75, 3.05) is 13.7 Å². The molecule has 8 heteroatoms. The second-order valence-electron chi connectivity index (χ2n) is 5.83. The van der Waals surface area contributed by atoms with E-state index in [1.165, 1.54) is 7.11 Å². The van der Waals surface area contributed by atoms with Crippen molar-refractivity contribution in [3.63, 3.8) is 0 Å². The SMILES string of the molecule is CCOC(=O)C(NC(=O)C(C)CC)C(C)(C)SC(=O)CC(=O)OC. The number of hydrogen-bond donors (Lipinski definition) is 1. The molecule has 0 aliphatic heterocycles. The van der Waals surface area contributed by atoms with E-state index in [1.54, 1.807) is 27.7 Å². The number of hydrogen-bond acceptors (Lipinski definition) is 7. The normalized spacial score (nSPS) is 13.6. The van der Waals surface area contributed by atoms with Crippen molar-refractivity contribution in [2.45, 2.75) is 58.2 Å². The molecule has 138 valence electrons. The number of rotatable bonds is 9. The second-order valence-corrected chi connectivity index (χ2v) is 7.55. The molecule has 0 bridgehead atoms. The summed E-state index contributed by atoms with van der Waals surface area (Å²) in [6.07, 6.45) is 0.218. The Balaban J connectivity index is 5.22. The van der Waals surface area contributed by atoms with E-state index in [1.807, 2.05) is 6.92 Å². The molecule has 0 fully saturated rings. The first-order chi connectivity index (χ1) is 11.1. The van der Waals surface area contributed by atoms with Crippen molar-refractivity contribution in [1.29, 1.82) is 0 Å². The van der Waals surface area contributed by atoms with E-state index in [-0.39, 0.29) is 18.4 Å². The quantitative estimate of drug-likeness (QED) is 0.493. The van der Waals surface area contributed by atoms with Crippen LogP contribution in [0.2, 0.25) is 0 Å². The average molecular weight is 361 g/mol. The van der Waals surface area contributed by atoms with Gasteiger partial charge < -0.3 is 14.8 Å². The fourth-order valence-corrected chi connectivity index (χ4v) is 2.84. The van der Waals surface area contributed by atoms with Gasteiger partial charge in [-0.05, 0) is 27.2 Å². The van der Waals surface area contributed by atoms with E-state index >= 15 is 0 Å². The van der Waals surface area contributed by atoms with Crippen LogP contribution in [0.15, 0.2) is 0 Å². The molecule has 24 heavy (non-hydrogen) atoms. The van der Waals surface area contributed by atoms with Crippen LogP contribution in [0.4, 0.5) is 0 Å². The van der Waals surface area contributed by atoms with Crippen LogP contribution in [0.5, 0.6) is 0 Å². The number of carbonyl (C=O) groups excluding carboxylic acids is 4. The van der Waals surface area contributed by atoms with Gasteiger partial charge in [-0.2, -0.15) is 0 Å². The molecule has 0 saturated carbocycles. The molecule has 0 saturated heterocycles. The van der Waals surface area contributed by atoms with Gasteiger partial charge in [-0.3, -0.25) is 14.4 Å². The second kappa shape index (κ2) is 10.3. The maximum absolute atomic E-state index is 12.2. The Morgan fingerprint density at radius 2 is 1.75 bits per heavy atom. The summed E-state index contributed by atoms with van der Waals surface area (Å²) in [5.74, 6) is -1.82. The number of amides is 1. The van der Waals surface area contributed by atoms with Crippen LogP contribution >= 0.6 is 11.8 Å². The first-order valence-corrected chi connectivity index (χ1v) is 8.66. The molecule has 0 aromatic heterocycles. The third kappa shape index (κ3) is 7.33.